The smallest absolute Gasteiger partial charge is 0.308 e. The second-order valence-corrected chi connectivity index (χ2v) is 9.25. The zero-order valence-electron chi connectivity index (χ0n) is 13.4. The summed E-state index contributed by atoms with van der Waals surface area (Å²) in [6.45, 7) is 0. The molecule has 3 aromatic rings. The molecule has 0 radical (unpaired) electrons. The van der Waals surface area contributed by atoms with Gasteiger partial charge in [0, 0.05) is 0 Å². The van der Waals surface area contributed by atoms with Gasteiger partial charge in [0.25, 0.3) is 0 Å². The predicted octanol–water partition coefficient (Wildman–Crippen LogP) is 0.748. The highest BCUT2D eigenvalue weighted by Crippen LogP contribution is 2.47. The van der Waals surface area contributed by atoms with Crippen LogP contribution < -0.4 is 18.2 Å². The summed E-state index contributed by atoms with van der Waals surface area (Å²) < 4.78 is 59.3. The summed E-state index contributed by atoms with van der Waals surface area (Å²) in [5.41, 5.74) is 0. The number of rotatable bonds is 6. The summed E-state index contributed by atoms with van der Waals surface area (Å²) in [5.74, 6) is 0.0797. The SMILES string of the molecule is O=S(Oc1ccccc1)(O[Cl+3]([O-])([O-])[O-])(c1ccccc1)c1ccccc1. The van der Waals surface area contributed by atoms with Gasteiger partial charge in [0.1, 0.15) is 16.0 Å². The van der Waals surface area contributed by atoms with Crippen molar-refractivity contribution in [2.75, 3.05) is 0 Å². The Morgan fingerprint density at radius 2 is 1.04 bits per heavy atom. The Labute approximate surface area is 152 Å². The van der Waals surface area contributed by atoms with Crippen molar-refractivity contribution in [1.29, 1.82) is 0 Å². The molecule has 0 fully saturated rings. The highest BCUT2D eigenvalue weighted by molar-refractivity contribution is 8.12. The third-order valence-electron chi connectivity index (χ3n) is 3.48. The van der Waals surface area contributed by atoms with Crippen LogP contribution in [0.25, 0.3) is 0 Å². The van der Waals surface area contributed by atoms with Crippen LogP contribution in [0.15, 0.2) is 101 Å². The van der Waals surface area contributed by atoms with Crippen molar-refractivity contribution in [2.45, 2.75) is 9.79 Å². The van der Waals surface area contributed by atoms with Crippen molar-refractivity contribution < 1.29 is 36.3 Å². The maximum absolute atomic E-state index is 14.3. The van der Waals surface area contributed by atoms with Gasteiger partial charge in [0.2, 0.25) is 0 Å². The predicted molar refractivity (Wildman–Crippen MR) is 85.7 cm³/mol. The third-order valence-corrected chi connectivity index (χ3v) is 7.68. The molecule has 0 heterocycles. The van der Waals surface area contributed by atoms with E-state index in [1.165, 1.54) is 60.7 Å². The molecule has 0 atom stereocenters. The van der Waals surface area contributed by atoms with Gasteiger partial charge in [-0.1, -0.05) is 54.6 Å². The minimum absolute atomic E-state index is 0.0797. The van der Waals surface area contributed by atoms with E-state index in [0.29, 0.717) is 0 Å². The summed E-state index contributed by atoms with van der Waals surface area (Å²) in [5, 5.41) is 0. The first-order valence-corrected chi connectivity index (χ1v) is 10.5. The maximum Gasteiger partial charge on any atom is 0.308 e. The van der Waals surface area contributed by atoms with E-state index >= 15 is 0 Å². The van der Waals surface area contributed by atoms with Gasteiger partial charge in [-0.3, -0.25) is 0 Å². The van der Waals surface area contributed by atoms with Crippen LogP contribution in [0.2, 0.25) is 0 Å². The number of hydrogen-bond acceptors (Lipinski definition) is 6. The number of halogens is 1. The van der Waals surface area contributed by atoms with E-state index in [9.17, 15) is 18.2 Å². The topological polar surface area (TPSA) is 105 Å². The van der Waals surface area contributed by atoms with Crippen molar-refractivity contribution in [1.82, 2.24) is 0 Å². The van der Waals surface area contributed by atoms with Crippen LogP contribution in [0, 0.1) is 10.2 Å². The lowest BCUT2D eigenvalue weighted by Crippen LogP contribution is -2.66. The van der Waals surface area contributed by atoms with Crippen LogP contribution in [-0.2, 0) is 13.4 Å². The Bertz CT molecular complexity index is 883. The molecule has 0 unspecified atom stereocenters. The number of benzene rings is 3. The summed E-state index contributed by atoms with van der Waals surface area (Å²) in [4.78, 5) is -0.182. The standard InChI is InChI=1S/C18H15ClO6S/c20-19(21,22)25-26(23,17-12-6-2-7-13-17,18-14-8-3-9-15-18)24-16-10-4-1-5-11-16/h1-15H. The van der Waals surface area contributed by atoms with Crippen LogP contribution in [0.1, 0.15) is 0 Å². The molecule has 136 valence electrons. The summed E-state index contributed by atoms with van der Waals surface area (Å²) >= 11 is 0. The fourth-order valence-corrected chi connectivity index (χ4v) is 6.40. The van der Waals surface area contributed by atoms with Crippen LogP contribution in [0.5, 0.6) is 5.75 Å². The maximum atomic E-state index is 14.3. The molecule has 0 saturated heterocycles. The van der Waals surface area contributed by atoms with Gasteiger partial charge in [-0.25, -0.2) is 0 Å². The molecular formula is C18H15ClO6S. The van der Waals surface area contributed by atoms with Gasteiger partial charge in [0.05, 0.1) is 9.79 Å². The van der Waals surface area contributed by atoms with Crippen LogP contribution in [0.3, 0.4) is 0 Å². The number of hydrogen-bond donors (Lipinski definition) is 0. The van der Waals surface area contributed by atoms with Gasteiger partial charge in [-0.2, -0.15) is 18.2 Å². The molecule has 26 heavy (non-hydrogen) atoms. The molecular weight excluding hydrogens is 380 g/mol. The molecule has 3 rings (SSSR count). The zero-order valence-corrected chi connectivity index (χ0v) is 15.0. The van der Waals surface area contributed by atoms with Crippen LogP contribution >= 0.6 is 0 Å². The Morgan fingerprint density at radius 3 is 1.42 bits per heavy atom. The second kappa shape index (κ2) is 6.81. The highest BCUT2D eigenvalue weighted by Gasteiger charge is 2.58. The summed E-state index contributed by atoms with van der Waals surface area (Å²) in [6.07, 6.45) is 0. The molecule has 0 aliphatic heterocycles. The minimum Gasteiger partial charge on any atom is -0.387 e. The molecule has 0 amide bonds. The van der Waals surface area contributed by atoms with E-state index in [2.05, 4.69) is 0 Å². The quantitative estimate of drug-likeness (QED) is 0.611. The van der Waals surface area contributed by atoms with Crippen molar-refractivity contribution in [3.63, 3.8) is 0 Å². The van der Waals surface area contributed by atoms with Crippen molar-refractivity contribution in [3.8, 4) is 5.75 Å². The zero-order chi connectivity index (χ0) is 18.7. The minimum atomic E-state index is -5.27. The van der Waals surface area contributed by atoms with Crippen molar-refractivity contribution in [2.24, 2.45) is 0 Å². The fourth-order valence-electron chi connectivity index (χ4n) is 2.42. The Hall–Kier alpha value is -2.26. The fraction of sp³-hybridized carbons (Fsp3) is 0. The molecule has 0 aliphatic rings. The Balaban J connectivity index is 2.33. The Kier molecular flexibility index (Phi) is 4.85. The molecule has 8 heteroatoms. The van der Waals surface area contributed by atoms with E-state index in [1.807, 2.05) is 0 Å². The van der Waals surface area contributed by atoms with Crippen LogP contribution in [0.4, 0.5) is 0 Å². The van der Waals surface area contributed by atoms with Crippen LogP contribution in [-0.4, -0.2) is 4.21 Å². The van der Waals surface area contributed by atoms with E-state index in [1.54, 1.807) is 30.3 Å². The van der Waals surface area contributed by atoms with E-state index < -0.39 is 19.9 Å². The van der Waals surface area contributed by atoms with Gasteiger partial charge in [-0.05, 0) is 36.4 Å². The highest BCUT2D eigenvalue weighted by atomic mass is 35.7. The van der Waals surface area contributed by atoms with E-state index in [0.717, 1.165) is 0 Å². The molecule has 0 aliphatic carbocycles. The van der Waals surface area contributed by atoms with E-state index in [-0.39, 0.29) is 15.5 Å². The number of para-hydroxylation sites is 1. The largest absolute Gasteiger partial charge is 0.387 e. The second-order valence-electron chi connectivity index (χ2n) is 5.27. The monoisotopic (exact) mass is 394 g/mol. The van der Waals surface area contributed by atoms with Gasteiger partial charge in [-0.15, -0.1) is 0 Å². The van der Waals surface area contributed by atoms with Gasteiger partial charge >= 0.3 is 9.63 Å². The van der Waals surface area contributed by atoms with Gasteiger partial charge in [0.15, 0.2) is 3.74 Å². The average Bonchev–Trinajstić information content (AvgIpc) is 2.63. The molecule has 3 aromatic carbocycles. The molecule has 0 saturated carbocycles. The first-order valence-electron chi connectivity index (χ1n) is 7.46. The normalized spacial score (nSPS) is 13.6. The summed E-state index contributed by atoms with van der Waals surface area (Å²) in [7, 11) is -10.4. The van der Waals surface area contributed by atoms with Crippen molar-refractivity contribution in [3.05, 3.63) is 91.0 Å². The lowest BCUT2D eigenvalue weighted by molar-refractivity contribution is -1.91. The summed E-state index contributed by atoms with van der Waals surface area (Å²) in [6, 6.07) is 22.9. The molecule has 0 aromatic heterocycles. The molecule has 0 spiro atoms. The lowest BCUT2D eigenvalue weighted by atomic mass is 10.3. The molecule has 0 bridgehead atoms. The van der Waals surface area contributed by atoms with Crippen molar-refractivity contribution >= 4 is 9.63 Å². The Morgan fingerprint density at radius 1 is 0.654 bits per heavy atom. The molecule has 0 N–H and O–H groups in total. The molecule has 6 nitrogen and oxygen atoms in total. The lowest BCUT2D eigenvalue weighted by Gasteiger charge is -2.36. The first-order chi connectivity index (χ1) is 12.3. The first kappa shape index (κ1) is 18.5. The third kappa shape index (κ3) is 3.63. The average molecular weight is 395 g/mol. The van der Waals surface area contributed by atoms with E-state index in [4.69, 9.17) is 7.92 Å². The van der Waals surface area contributed by atoms with Gasteiger partial charge < -0.3 is 4.18 Å².